The molecule has 1 aliphatic rings. The number of anilines is 1. The highest BCUT2D eigenvalue weighted by molar-refractivity contribution is 6.36. The molecular formula is C15H8ClF2NO. The van der Waals surface area contributed by atoms with Gasteiger partial charge in [0.15, 0.2) is 0 Å². The van der Waals surface area contributed by atoms with Crippen LogP contribution in [0.4, 0.5) is 14.5 Å². The molecule has 1 amide bonds. The van der Waals surface area contributed by atoms with Crippen molar-refractivity contribution < 1.29 is 13.6 Å². The number of nitrogens with one attached hydrogen (secondary N) is 1. The average Bonchev–Trinajstić information content (AvgIpc) is 2.65. The number of hydrogen-bond acceptors (Lipinski definition) is 1. The number of benzene rings is 2. The molecule has 0 fully saturated rings. The van der Waals surface area contributed by atoms with E-state index in [2.05, 4.69) is 5.32 Å². The number of amides is 1. The number of carbonyl (C=O) groups is 1. The first kappa shape index (κ1) is 12.8. The van der Waals surface area contributed by atoms with E-state index in [4.69, 9.17) is 11.6 Å². The van der Waals surface area contributed by atoms with E-state index in [9.17, 15) is 13.6 Å². The molecule has 2 aromatic carbocycles. The van der Waals surface area contributed by atoms with Crippen molar-refractivity contribution in [2.75, 3.05) is 5.32 Å². The molecule has 100 valence electrons. The maximum atomic E-state index is 13.2. The average molecular weight is 292 g/mol. The molecule has 0 atom stereocenters. The summed E-state index contributed by atoms with van der Waals surface area (Å²) >= 11 is 5.90. The van der Waals surface area contributed by atoms with Gasteiger partial charge in [0, 0.05) is 27.9 Å². The Hall–Kier alpha value is -2.20. The molecule has 3 rings (SSSR count). The maximum Gasteiger partial charge on any atom is 0.256 e. The molecule has 1 N–H and O–H groups in total. The third-order valence-corrected chi connectivity index (χ3v) is 3.20. The van der Waals surface area contributed by atoms with E-state index >= 15 is 0 Å². The summed E-state index contributed by atoms with van der Waals surface area (Å²) in [4.78, 5) is 11.9. The highest BCUT2D eigenvalue weighted by Gasteiger charge is 2.24. The van der Waals surface area contributed by atoms with E-state index in [1.807, 2.05) is 0 Å². The van der Waals surface area contributed by atoms with Crippen LogP contribution in [0.15, 0.2) is 36.4 Å². The van der Waals surface area contributed by atoms with Crippen LogP contribution in [0, 0.1) is 11.6 Å². The zero-order valence-corrected chi connectivity index (χ0v) is 10.8. The summed E-state index contributed by atoms with van der Waals surface area (Å²) in [5.74, 6) is -1.71. The minimum Gasteiger partial charge on any atom is -0.321 e. The topological polar surface area (TPSA) is 29.1 Å². The van der Waals surface area contributed by atoms with Gasteiger partial charge in [0.1, 0.15) is 11.6 Å². The Balaban J connectivity index is 2.12. The van der Waals surface area contributed by atoms with Gasteiger partial charge in [0.25, 0.3) is 5.91 Å². The Labute approximate surface area is 118 Å². The van der Waals surface area contributed by atoms with Crippen LogP contribution in [0.5, 0.6) is 0 Å². The summed E-state index contributed by atoms with van der Waals surface area (Å²) in [6.07, 6.45) is 1.43. The minimum atomic E-state index is -0.693. The van der Waals surface area contributed by atoms with Crippen molar-refractivity contribution in [1.29, 1.82) is 0 Å². The van der Waals surface area contributed by atoms with Crippen molar-refractivity contribution in [3.63, 3.8) is 0 Å². The molecule has 1 heterocycles. The molecule has 0 saturated heterocycles. The second kappa shape index (κ2) is 4.72. The highest BCUT2D eigenvalue weighted by Crippen LogP contribution is 2.35. The Morgan fingerprint density at radius 1 is 1.05 bits per heavy atom. The fraction of sp³-hybridized carbons (Fsp3) is 0. The van der Waals surface area contributed by atoms with Gasteiger partial charge < -0.3 is 5.32 Å². The zero-order valence-electron chi connectivity index (χ0n) is 10.1. The van der Waals surface area contributed by atoms with Crippen LogP contribution < -0.4 is 5.32 Å². The number of fused-ring (bicyclic) bond motifs is 1. The largest absolute Gasteiger partial charge is 0.321 e. The first-order chi connectivity index (χ1) is 9.52. The standard InChI is InChI=1S/C15H8ClF2NO/c16-9-1-2-14-12(6-9)13(15(20)19-14)5-8-3-10(17)7-11(18)4-8/h1-7H,(H,19,20)/b13-5+. The van der Waals surface area contributed by atoms with Crippen molar-refractivity contribution in [2.24, 2.45) is 0 Å². The predicted molar refractivity (Wildman–Crippen MR) is 74.3 cm³/mol. The zero-order chi connectivity index (χ0) is 14.3. The number of hydrogen-bond donors (Lipinski definition) is 1. The number of rotatable bonds is 1. The van der Waals surface area contributed by atoms with Crippen LogP contribution in [0.3, 0.4) is 0 Å². The SMILES string of the molecule is O=C1Nc2ccc(Cl)cc2/C1=C\c1cc(F)cc(F)c1. The van der Waals surface area contributed by atoms with Gasteiger partial charge in [-0.25, -0.2) is 8.78 Å². The molecule has 0 unspecified atom stereocenters. The van der Waals surface area contributed by atoms with Gasteiger partial charge >= 0.3 is 0 Å². The molecule has 0 spiro atoms. The monoisotopic (exact) mass is 291 g/mol. The van der Waals surface area contributed by atoms with Crippen LogP contribution in [0.1, 0.15) is 11.1 Å². The molecule has 2 nitrogen and oxygen atoms in total. The van der Waals surface area contributed by atoms with Crippen molar-refractivity contribution in [3.8, 4) is 0 Å². The summed E-state index contributed by atoms with van der Waals surface area (Å²) in [5.41, 5.74) is 1.85. The lowest BCUT2D eigenvalue weighted by Crippen LogP contribution is -2.03. The smallest absolute Gasteiger partial charge is 0.256 e. The Morgan fingerprint density at radius 2 is 1.75 bits per heavy atom. The summed E-state index contributed by atoms with van der Waals surface area (Å²) in [6, 6.07) is 8.07. The quantitative estimate of drug-likeness (QED) is 0.787. The fourth-order valence-corrected chi connectivity index (χ4v) is 2.30. The number of carbonyl (C=O) groups excluding carboxylic acids is 1. The van der Waals surface area contributed by atoms with Gasteiger partial charge in [0.2, 0.25) is 0 Å². The molecular weight excluding hydrogens is 284 g/mol. The fourth-order valence-electron chi connectivity index (χ4n) is 2.13. The van der Waals surface area contributed by atoms with Gasteiger partial charge in [-0.1, -0.05) is 11.6 Å². The third-order valence-electron chi connectivity index (χ3n) is 2.96. The van der Waals surface area contributed by atoms with Crippen molar-refractivity contribution in [1.82, 2.24) is 0 Å². The summed E-state index contributed by atoms with van der Waals surface area (Å²) in [5, 5.41) is 3.15. The van der Waals surface area contributed by atoms with Crippen LogP contribution in [0.25, 0.3) is 11.6 Å². The van der Waals surface area contributed by atoms with Crippen LogP contribution in [-0.4, -0.2) is 5.91 Å². The first-order valence-electron chi connectivity index (χ1n) is 5.82. The van der Waals surface area contributed by atoms with E-state index in [-0.39, 0.29) is 11.5 Å². The van der Waals surface area contributed by atoms with Gasteiger partial charge in [-0.05, 0) is 42.0 Å². The number of halogens is 3. The third kappa shape index (κ3) is 2.30. The summed E-state index contributed by atoms with van der Waals surface area (Å²) < 4.78 is 26.3. The molecule has 0 aromatic heterocycles. The Kier molecular flexibility index (Phi) is 3.03. The second-order valence-electron chi connectivity index (χ2n) is 4.40. The van der Waals surface area contributed by atoms with E-state index in [0.717, 1.165) is 18.2 Å². The van der Waals surface area contributed by atoms with E-state index in [1.54, 1.807) is 18.2 Å². The second-order valence-corrected chi connectivity index (χ2v) is 4.84. The van der Waals surface area contributed by atoms with Gasteiger partial charge in [-0.2, -0.15) is 0 Å². The van der Waals surface area contributed by atoms with Gasteiger partial charge in [-0.15, -0.1) is 0 Å². The predicted octanol–water partition coefficient (Wildman–Crippen LogP) is 4.11. The summed E-state index contributed by atoms with van der Waals surface area (Å²) in [6.45, 7) is 0. The van der Waals surface area contributed by atoms with Crippen molar-refractivity contribution in [2.45, 2.75) is 0 Å². The first-order valence-corrected chi connectivity index (χ1v) is 6.20. The normalized spacial score (nSPS) is 15.3. The molecule has 0 saturated carbocycles. The highest BCUT2D eigenvalue weighted by atomic mass is 35.5. The Morgan fingerprint density at radius 3 is 2.45 bits per heavy atom. The van der Waals surface area contributed by atoms with E-state index in [0.29, 0.717) is 21.8 Å². The van der Waals surface area contributed by atoms with Crippen LogP contribution >= 0.6 is 11.6 Å². The molecule has 0 aliphatic carbocycles. The molecule has 5 heteroatoms. The van der Waals surface area contributed by atoms with Gasteiger partial charge in [0.05, 0.1) is 0 Å². The van der Waals surface area contributed by atoms with E-state index in [1.165, 1.54) is 6.08 Å². The van der Waals surface area contributed by atoms with Gasteiger partial charge in [-0.3, -0.25) is 4.79 Å². The van der Waals surface area contributed by atoms with Crippen LogP contribution in [-0.2, 0) is 4.79 Å². The molecule has 0 bridgehead atoms. The van der Waals surface area contributed by atoms with Crippen LogP contribution in [0.2, 0.25) is 5.02 Å². The lowest BCUT2D eigenvalue weighted by molar-refractivity contribution is -0.110. The maximum absolute atomic E-state index is 13.2. The lowest BCUT2D eigenvalue weighted by atomic mass is 10.0. The van der Waals surface area contributed by atoms with Crippen molar-refractivity contribution in [3.05, 3.63) is 64.2 Å². The lowest BCUT2D eigenvalue weighted by Gasteiger charge is -2.00. The molecule has 1 aliphatic heterocycles. The molecule has 2 aromatic rings. The Bertz CT molecular complexity index is 735. The minimum absolute atomic E-state index is 0.278. The van der Waals surface area contributed by atoms with E-state index < -0.39 is 11.6 Å². The molecule has 20 heavy (non-hydrogen) atoms. The summed E-state index contributed by atoms with van der Waals surface area (Å²) in [7, 11) is 0. The van der Waals surface area contributed by atoms with Crippen molar-refractivity contribution >= 4 is 34.8 Å². The molecule has 0 radical (unpaired) electrons.